The summed E-state index contributed by atoms with van der Waals surface area (Å²) in [6, 6.07) is 44.9. The Balaban J connectivity index is 1.68. The zero-order valence-corrected chi connectivity index (χ0v) is 26.5. The fraction of sp³-hybridized carbons (Fsp3) is 0. The van der Waals surface area contributed by atoms with Gasteiger partial charge in [-0.3, -0.25) is 0 Å². The molecule has 222 valence electrons. The minimum Gasteiger partial charge on any atom is -0.309 e. The second-order valence-corrected chi connectivity index (χ2v) is 16.1. The van der Waals surface area contributed by atoms with Crippen LogP contribution >= 0.6 is 14.3 Å². The van der Waals surface area contributed by atoms with Gasteiger partial charge in [-0.25, -0.2) is 19.9 Å². The quantitative estimate of drug-likeness (QED) is 0.194. The predicted molar refractivity (Wildman–Crippen MR) is 187 cm³/mol. The normalized spacial score (nSPS) is 11.7. The van der Waals surface area contributed by atoms with Gasteiger partial charge in [0.05, 0.1) is 0 Å². The molecule has 7 aromatic rings. The fourth-order valence-electron chi connectivity index (χ4n) is 5.74. The number of hydrogen-bond acceptors (Lipinski definition) is 6. The molecule has 0 aliphatic rings. The predicted octanol–water partition coefficient (Wildman–Crippen LogP) is 5.88. The van der Waals surface area contributed by atoms with Gasteiger partial charge in [0.15, 0.2) is 25.9 Å². The minimum absolute atomic E-state index is 0.391. The molecule has 0 N–H and O–H groups in total. The topological polar surface area (TPSA) is 85.7 Å². The first-order valence-corrected chi connectivity index (χ1v) is 18.2. The third kappa shape index (κ3) is 5.22. The summed E-state index contributed by atoms with van der Waals surface area (Å²) >= 11 is 0. The maximum absolute atomic E-state index is 16.0. The molecule has 8 heteroatoms. The van der Waals surface area contributed by atoms with Gasteiger partial charge in [0.1, 0.15) is 0 Å². The molecule has 6 nitrogen and oxygen atoms in total. The maximum atomic E-state index is 16.0. The van der Waals surface area contributed by atoms with Crippen LogP contribution in [0.5, 0.6) is 0 Å². The first-order valence-electron chi connectivity index (χ1n) is 14.8. The van der Waals surface area contributed by atoms with Crippen LogP contribution in [-0.2, 0) is 9.13 Å². The van der Waals surface area contributed by atoms with E-state index >= 15 is 9.13 Å². The molecule has 0 saturated heterocycles. The average molecular weight is 635 g/mol. The Morgan fingerprint density at radius 1 is 0.348 bits per heavy atom. The fourth-order valence-corrected chi connectivity index (χ4v) is 11.5. The van der Waals surface area contributed by atoms with Crippen molar-refractivity contribution < 1.29 is 9.13 Å². The Kier molecular flexibility index (Phi) is 8.07. The molecular weight excluding hydrogens is 606 g/mol. The van der Waals surface area contributed by atoms with E-state index in [4.69, 9.17) is 0 Å². The molecule has 0 bridgehead atoms. The molecule has 0 saturated carbocycles. The van der Waals surface area contributed by atoms with E-state index in [-0.39, 0.29) is 0 Å². The van der Waals surface area contributed by atoms with Crippen molar-refractivity contribution >= 4 is 46.1 Å². The van der Waals surface area contributed by atoms with Crippen LogP contribution in [0.4, 0.5) is 0 Å². The van der Waals surface area contributed by atoms with E-state index in [1.807, 2.05) is 133 Å². The summed E-state index contributed by atoms with van der Waals surface area (Å²) in [6.45, 7) is 0. The molecule has 0 radical (unpaired) electrons. The van der Waals surface area contributed by atoms with Crippen molar-refractivity contribution in [3.63, 3.8) is 0 Å². The van der Waals surface area contributed by atoms with Gasteiger partial charge in [-0.15, -0.1) is 0 Å². The molecule has 0 aliphatic heterocycles. The zero-order valence-electron chi connectivity index (χ0n) is 24.7. The minimum atomic E-state index is -3.61. The summed E-state index contributed by atoms with van der Waals surface area (Å²) in [5.41, 5.74) is 1.10. The van der Waals surface area contributed by atoms with Crippen LogP contribution < -0.4 is 31.8 Å². The van der Waals surface area contributed by atoms with Gasteiger partial charge in [0.2, 0.25) is 0 Å². The molecule has 2 aromatic heterocycles. The van der Waals surface area contributed by atoms with Crippen LogP contribution in [0, 0.1) is 0 Å². The van der Waals surface area contributed by atoms with Crippen LogP contribution in [0.25, 0.3) is 22.8 Å². The second-order valence-electron chi connectivity index (χ2n) is 10.6. The number of aromatic nitrogens is 4. The third-order valence-corrected chi connectivity index (χ3v) is 14.1. The van der Waals surface area contributed by atoms with Gasteiger partial charge in [-0.05, 0) is 24.3 Å². The van der Waals surface area contributed by atoms with Crippen molar-refractivity contribution in [3.05, 3.63) is 170 Å². The highest BCUT2D eigenvalue weighted by atomic mass is 31.2. The van der Waals surface area contributed by atoms with Crippen molar-refractivity contribution in [2.75, 3.05) is 0 Å². The zero-order chi connectivity index (χ0) is 31.4. The summed E-state index contributed by atoms with van der Waals surface area (Å²) in [5.74, 6) is 0.783. The Hall–Kier alpha value is -5.28. The lowest BCUT2D eigenvalue weighted by Gasteiger charge is -2.27. The lowest BCUT2D eigenvalue weighted by Crippen LogP contribution is -2.33. The molecule has 0 aliphatic carbocycles. The van der Waals surface area contributed by atoms with E-state index in [1.165, 1.54) is 0 Å². The third-order valence-electron chi connectivity index (χ3n) is 7.89. The average Bonchev–Trinajstić information content (AvgIpc) is 3.16. The second kappa shape index (κ2) is 12.6. The Morgan fingerprint density at radius 2 is 0.630 bits per heavy atom. The molecule has 5 aromatic carbocycles. The van der Waals surface area contributed by atoms with E-state index < -0.39 is 14.3 Å². The molecule has 7 rings (SSSR count). The number of rotatable bonds is 8. The van der Waals surface area contributed by atoms with Crippen molar-refractivity contribution in [2.45, 2.75) is 0 Å². The van der Waals surface area contributed by atoms with E-state index in [0.717, 1.165) is 0 Å². The van der Waals surface area contributed by atoms with Crippen LogP contribution in [0.2, 0.25) is 0 Å². The van der Waals surface area contributed by atoms with E-state index in [0.29, 0.717) is 54.6 Å². The molecule has 2 heterocycles. The van der Waals surface area contributed by atoms with Gasteiger partial charge < -0.3 is 9.13 Å². The lowest BCUT2D eigenvalue weighted by atomic mass is 10.1. The maximum Gasteiger partial charge on any atom is 0.171 e. The molecule has 0 unspecified atom stereocenters. The Labute approximate surface area is 267 Å². The molecule has 0 amide bonds. The first kappa shape index (κ1) is 29.4. The first-order chi connectivity index (χ1) is 22.6. The van der Waals surface area contributed by atoms with Crippen LogP contribution in [0.3, 0.4) is 0 Å². The van der Waals surface area contributed by atoms with Crippen molar-refractivity contribution in [1.29, 1.82) is 0 Å². The molecule has 0 atom stereocenters. The standard InChI is InChI=1S/C38H28N4O2P2/c43-45(29-15-5-1-6-16-29,30-17-7-2-8-18-30)35-28-36(46(44,31-19-9-3-10-20-31)32-21-11-4-12-22-32)34(38-41-25-14-26-42-38)27-33(35)37-39-23-13-24-40-37/h1-28H. The highest BCUT2D eigenvalue weighted by Gasteiger charge is 2.39. The van der Waals surface area contributed by atoms with Crippen LogP contribution in [0.1, 0.15) is 0 Å². The highest BCUT2D eigenvalue weighted by molar-refractivity contribution is 7.87. The van der Waals surface area contributed by atoms with Crippen molar-refractivity contribution in [2.24, 2.45) is 0 Å². The molecule has 46 heavy (non-hydrogen) atoms. The summed E-state index contributed by atoms with van der Waals surface area (Å²) in [4.78, 5) is 18.4. The van der Waals surface area contributed by atoms with E-state index in [1.54, 1.807) is 36.9 Å². The molecule has 0 spiro atoms. The smallest absolute Gasteiger partial charge is 0.171 e. The van der Waals surface area contributed by atoms with E-state index in [9.17, 15) is 0 Å². The molecular formula is C38H28N4O2P2. The number of benzene rings is 5. The summed E-state index contributed by atoms with van der Waals surface area (Å²) in [7, 11) is -7.22. The monoisotopic (exact) mass is 634 g/mol. The lowest BCUT2D eigenvalue weighted by molar-refractivity contribution is 0.592. The van der Waals surface area contributed by atoms with Gasteiger partial charge in [-0.1, -0.05) is 121 Å². The Morgan fingerprint density at radius 3 is 0.913 bits per heavy atom. The van der Waals surface area contributed by atoms with Crippen LogP contribution in [-0.4, -0.2) is 19.9 Å². The summed E-state index contributed by atoms with van der Waals surface area (Å²) in [5, 5.41) is 3.53. The summed E-state index contributed by atoms with van der Waals surface area (Å²) in [6.07, 6.45) is 6.64. The largest absolute Gasteiger partial charge is 0.309 e. The number of hydrogen-bond donors (Lipinski definition) is 0. The molecule has 0 fully saturated rings. The van der Waals surface area contributed by atoms with Gasteiger partial charge in [-0.2, -0.15) is 0 Å². The number of nitrogens with zero attached hydrogens (tertiary/aromatic N) is 4. The Bertz CT molecular complexity index is 1940. The van der Waals surface area contributed by atoms with Crippen molar-refractivity contribution in [3.8, 4) is 22.8 Å². The summed E-state index contributed by atoms with van der Waals surface area (Å²) < 4.78 is 32.1. The van der Waals surface area contributed by atoms with Crippen LogP contribution in [0.15, 0.2) is 170 Å². The van der Waals surface area contributed by atoms with Gasteiger partial charge >= 0.3 is 0 Å². The SMILES string of the molecule is O=P(c1ccccc1)(c1ccccc1)c1cc(P(=O)(c2ccccc2)c2ccccc2)c(-c2ncccn2)cc1-c1ncccn1. The highest BCUT2D eigenvalue weighted by Crippen LogP contribution is 2.49. The van der Waals surface area contributed by atoms with E-state index in [2.05, 4.69) is 19.9 Å². The van der Waals surface area contributed by atoms with Gasteiger partial charge in [0.25, 0.3) is 0 Å². The van der Waals surface area contributed by atoms with Crippen molar-refractivity contribution in [1.82, 2.24) is 19.9 Å². The van der Waals surface area contributed by atoms with Gasteiger partial charge in [0, 0.05) is 67.7 Å².